The Morgan fingerprint density at radius 2 is 2.24 bits per heavy atom. The number of aryl methyl sites for hydroxylation is 1. The summed E-state index contributed by atoms with van der Waals surface area (Å²) in [6, 6.07) is 0. The van der Waals surface area contributed by atoms with E-state index in [9.17, 15) is 13.6 Å². The van der Waals surface area contributed by atoms with Crippen molar-refractivity contribution in [1.29, 1.82) is 0 Å². The van der Waals surface area contributed by atoms with Gasteiger partial charge >= 0.3 is 0 Å². The van der Waals surface area contributed by atoms with Crippen LogP contribution in [0.2, 0.25) is 0 Å². The summed E-state index contributed by atoms with van der Waals surface area (Å²) in [7, 11) is 0. The molecule has 1 aromatic heterocycles. The molecule has 3 N–H and O–H groups in total. The minimum atomic E-state index is -3.05. The zero-order chi connectivity index (χ0) is 12.0. The van der Waals surface area contributed by atoms with Crippen LogP contribution in [0.4, 0.5) is 8.78 Å². The minimum Gasteiger partial charge on any atom is -0.350 e. The van der Waals surface area contributed by atoms with Gasteiger partial charge in [0.15, 0.2) is 0 Å². The van der Waals surface area contributed by atoms with E-state index in [2.05, 4.69) is 15.4 Å². The van der Waals surface area contributed by atoms with Crippen LogP contribution in [0.1, 0.15) is 6.42 Å². The Morgan fingerprint density at radius 1 is 1.53 bits per heavy atom. The number of halogens is 3. The molecule has 0 atom stereocenters. The molecule has 0 radical (unpaired) electrons. The zero-order valence-corrected chi connectivity index (χ0v) is 9.79. The number of hydrogen-bond donors (Lipinski definition) is 2. The van der Waals surface area contributed by atoms with E-state index >= 15 is 0 Å². The molecule has 98 valence electrons. The zero-order valence-electron chi connectivity index (χ0n) is 8.97. The van der Waals surface area contributed by atoms with E-state index in [-0.39, 0.29) is 18.8 Å². The molecule has 1 aromatic rings. The van der Waals surface area contributed by atoms with Gasteiger partial charge in [-0.1, -0.05) is 0 Å². The number of nitrogens with one attached hydrogen (secondary N) is 1. The highest BCUT2D eigenvalue weighted by molar-refractivity contribution is 5.85. The molecule has 1 rings (SSSR count). The fraction of sp³-hybridized carbons (Fsp3) is 0.625. The number of nitrogens with zero attached hydrogens (tertiary/aromatic N) is 3. The first-order valence-electron chi connectivity index (χ1n) is 4.70. The largest absolute Gasteiger partial charge is 0.350 e. The predicted molar refractivity (Wildman–Crippen MR) is 58.9 cm³/mol. The second-order valence-electron chi connectivity index (χ2n) is 3.25. The van der Waals surface area contributed by atoms with E-state index in [4.69, 9.17) is 5.73 Å². The highest BCUT2D eigenvalue weighted by atomic mass is 35.5. The van der Waals surface area contributed by atoms with Crippen molar-refractivity contribution in [3.63, 3.8) is 0 Å². The second-order valence-corrected chi connectivity index (χ2v) is 3.25. The molecule has 9 heteroatoms. The van der Waals surface area contributed by atoms with Crippen molar-refractivity contribution in [3.8, 4) is 0 Å². The molecule has 0 fully saturated rings. The van der Waals surface area contributed by atoms with E-state index < -0.39 is 24.9 Å². The van der Waals surface area contributed by atoms with Crippen molar-refractivity contribution in [2.75, 3.05) is 13.1 Å². The topological polar surface area (TPSA) is 85.8 Å². The van der Waals surface area contributed by atoms with E-state index in [1.165, 1.54) is 17.3 Å². The molecule has 17 heavy (non-hydrogen) atoms. The van der Waals surface area contributed by atoms with Gasteiger partial charge in [-0.25, -0.2) is 13.8 Å². The lowest BCUT2D eigenvalue weighted by Crippen LogP contribution is -2.41. The van der Waals surface area contributed by atoms with Gasteiger partial charge in [-0.05, 0) is 0 Å². The van der Waals surface area contributed by atoms with Crippen LogP contribution in [0, 0.1) is 0 Å². The quantitative estimate of drug-likeness (QED) is 0.749. The van der Waals surface area contributed by atoms with Crippen LogP contribution in [-0.4, -0.2) is 39.7 Å². The van der Waals surface area contributed by atoms with Crippen molar-refractivity contribution in [1.82, 2.24) is 20.1 Å². The van der Waals surface area contributed by atoms with Crippen molar-refractivity contribution in [3.05, 3.63) is 12.7 Å². The van der Waals surface area contributed by atoms with Crippen LogP contribution >= 0.6 is 12.4 Å². The molecule has 0 bridgehead atoms. The fourth-order valence-corrected chi connectivity index (χ4v) is 0.953. The number of nitrogens with two attached hydrogens (primary N) is 1. The Morgan fingerprint density at radius 3 is 2.76 bits per heavy atom. The predicted octanol–water partition coefficient (Wildman–Crippen LogP) is -0.200. The Bertz CT molecular complexity index is 333. The number of carbonyl (C=O) groups excluding carboxylic acids is 1. The van der Waals surface area contributed by atoms with E-state index in [0.717, 1.165) is 0 Å². The Kier molecular flexibility index (Phi) is 6.59. The van der Waals surface area contributed by atoms with Gasteiger partial charge < -0.3 is 11.1 Å². The van der Waals surface area contributed by atoms with Crippen LogP contribution in [0.3, 0.4) is 0 Å². The Labute approximate surface area is 103 Å². The Balaban J connectivity index is 0.00000256. The average molecular weight is 270 g/mol. The summed E-state index contributed by atoms with van der Waals surface area (Å²) in [5.74, 6) is -3.52. The summed E-state index contributed by atoms with van der Waals surface area (Å²) in [6.45, 7) is -1.21. The third-order valence-corrected chi connectivity index (χ3v) is 1.88. The van der Waals surface area contributed by atoms with Crippen LogP contribution < -0.4 is 11.1 Å². The summed E-state index contributed by atoms with van der Waals surface area (Å²) >= 11 is 0. The van der Waals surface area contributed by atoms with Crippen LogP contribution in [0.15, 0.2) is 12.7 Å². The molecule has 0 aliphatic heterocycles. The van der Waals surface area contributed by atoms with Gasteiger partial charge in [0.25, 0.3) is 5.92 Å². The second kappa shape index (κ2) is 7.13. The first-order chi connectivity index (χ1) is 7.53. The minimum absolute atomic E-state index is 0. The normalized spacial score (nSPS) is 10.8. The van der Waals surface area contributed by atoms with Gasteiger partial charge in [0.05, 0.1) is 19.6 Å². The maximum Gasteiger partial charge on any atom is 0.277 e. The highest BCUT2D eigenvalue weighted by Crippen LogP contribution is 2.08. The van der Waals surface area contributed by atoms with Crippen molar-refractivity contribution < 1.29 is 13.6 Å². The maximum atomic E-state index is 12.7. The monoisotopic (exact) mass is 269 g/mol. The van der Waals surface area contributed by atoms with Gasteiger partial charge in [-0.2, -0.15) is 5.10 Å². The van der Waals surface area contributed by atoms with Crippen LogP contribution in [-0.2, 0) is 11.3 Å². The lowest BCUT2D eigenvalue weighted by atomic mass is 10.3. The first-order valence-corrected chi connectivity index (χ1v) is 4.70. The number of carbonyl (C=O) groups is 1. The van der Waals surface area contributed by atoms with Gasteiger partial charge in [-0.3, -0.25) is 9.48 Å². The fourth-order valence-electron chi connectivity index (χ4n) is 0.953. The third-order valence-electron chi connectivity index (χ3n) is 1.88. The summed E-state index contributed by atoms with van der Waals surface area (Å²) < 4.78 is 26.8. The van der Waals surface area contributed by atoms with Gasteiger partial charge in [0, 0.05) is 6.42 Å². The standard InChI is InChI=1S/C8H13F2N5O.ClH/c9-8(10,3-11)4-13-7(16)1-2-15-6-12-5-14-15;/h5-6H,1-4,11H2,(H,13,16);1H. The molecular weight excluding hydrogens is 256 g/mol. The van der Waals surface area contributed by atoms with Crippen molar-refractivity contribution >= 4 is 18.3 Å². The lowest BCUT2D eigenvalue weighted by Gasteiger charge is -2.14. The first kappa shape index (κ1) is 15.7. The molecule has 1 heterocycles. The summed E-state index contributed by atoms with van der Waals surface area (Å²) in [6.07, 6.45) is 2.85. The van der Waals surface area contributed by atoms with Gasteiger partial charge in [0.2, 0.25) is 5.91 Å². The number of rotatable bonds is 6. The number of amides is 1. The van der Waals surface area contributed by atoms with E-state index in [0.29, 0.717) is 6.54 Å². The molecule has 0 saturated heterocycles. The summed E-state index contributed by atoms with van der Waals surface area (Å²) in [4.78, 5) is 14.8. The molecule has 1 amide bonds. The maximum absolute atomic E-state index is 12.7. The molecule has 0 aliphatic rings. The SMILES string of the molecule is Cl.NCC(F)(F)CNC(=O)CCn1cncn1. The van der Waals surface area contributed by atoms with Crippen molar-refractivity contribution in [2.24, 2.45) is 5.73 Å². The molecule has 0 aromatic carbocycles. The summed E-state index contributed by atoms with van der Waals surface area (Å²) in [5.41, 5.74) is 4.82. The van der Waals surface area contributed by atoms with Crippen LogP contribution in [0.5, 0.6) is 0 Å². The van der Waals surface area contributed by atoms with Crippen molar-refractivity contribution in [2.45, 2.75) is 18.9 Å². The van der Waals surface area contributed by atoms with E-state index in [1.54, 1.807) is 0 Å². The molecular formula is C8H14ClF2N5O. The molecule has 0 spiro atoms. The molecule has 0 saturated carbocycles. The average Bonchev–Trinajstić information content (AvgIpc) is 2.76. The smallest absolute Gasteiger partial charge is 0.277 e. The Hall–Kier alpha value is -1.28. The van der Waals surface area contributed by atoms with Gasteiger partial charge in [0.1, 0.15) is 12.7 Å². The number of hydrogen-bond acceptors (Lipinski definition) is 4. The molecule has 6 nitrogen and oxygen atoms in total. The third kappa shape index (κ3) is 6.12. The number of aromatic nitrogens is 3. The lowest BCUT2D eigenvalue weighted by molar-refractivity contribution is -0.123. The van der Waals surface area contributed by atoms with Gasteiger partial charge in [-0.15, -0.1) is 12.4 Å². The number of alkyl halides is 2. The van der Waals surface area contributed by atoms with E-state index in [1.807, 2.05) is 0 Å². The highest BCUT2D eigenvalue weighted by Gasteiger charge is 2.26. The molecule has 0 aliphatic carbocycles. The van der Waals surface area contributed by atoms with Crippen LogP contribution in [0.25, 0.3) is 0 Å². The molecule has 0 unspecified atom stereocenters. The summed E-state index contributed by atoms with van der Waals surface area (Å²) in [5, 5.41) is 5.88.